The minimum atomic E-state index is 0.361. The Bertz CT molecular complexity index is 551. The minimum absolute atomic E-state index is 0.361. The zero-order valence-corrected chi connectivity index (χ0v) is 12.5. The number of aldehydes is 1. The van der Waals surface area contributed by atoms with Crippen molar-refractivity contribution in [2.75, 3.05) is 4.90 Å². The molecule has 0 unspecified atom stereocenters. The monoisotopic (exact) mass is 293 g/mol. The van der Waals surface area contributed by atoms with Crippen molar-refractivity contribution in [2.45, 2.75) is 26.4 Å². The molecular formula is C15H16ClNOS. The van der Waals surface area contributed by atoms with E-state index in [4.69, 9.17) is 11.6 Å². The number of carbonyl (C=O) groups is 1. The molecule has 1 aromatic carbocycles. The molecule has 1 heterocycles. The molecule has 0 saturated carbocycles. The average Bonchev–Trinajstić information content (AvgIpc) is 2.88. The first-order chi connectivity index (χ1) is 9.11. The number of hydrogen-bond donors (Lipinski definition) is 0. The Balaban J connectivity index is 2.28. The summed E-state index contributed by atoms with van der Waals surface area (Å²) in [5.41, 5.74) is 1.57. The molecule has 2 nitrogen and oxygen atoms in total. The highest BCUT2D eigenvalue weighted by molar-refractivity contribution is 7.09. The van der Waals surface area contributed by atoms with Gasteiger partial charge in [0.2, 0.25) is 0 Å². The van der Waals surface area contributed by atoms with Gasteiger partial charge in [-0.3, -0.25) is 4.79 Å². The second kappa shape index (κ2) is 6.22. The molecule has 1 aromatic heterocycles. The van der Waals surface area contributed by atoms with Gasteiger partial charge in [0.05, 0.1) is 11.6 Å². The number of rotatable bonds is 5. The van der Waals surface area contributed by atoms with E-state index in [1.165, 1.54) is 4.88 Å². The third-order valence-corrected chi connectivity index (χ3v) is 4.16. The topological polar surface area (TPSA) is 20.3 Å². The molecular weight excluding hydrogens is 278 g/mol. The SMILES string of the molecule is CC(C)N(Cc1cccs1)c1ccc(C=O)c(Cl)c1. The van der Waals surface area contributed by atoms with Gasteiger partial charge in [-0.1, -0.05) is 17.7 Å². The van der Waals surface area contributed by atoms with Crippen molar-refractivity contribution < 1.29 is 4.79 Å². The number of anilines is 1. The molecule has 19 heavy (non-hydrogen) atoms. The van der Waals surface area contributed by atoms with Crippen LogP contribution in [0.1, 0.15) is 29.1 Å². The van der Waals surface area contributed by atoms with Gasteiger partial charge in [-0.25, -0.2) is 0 Å². The average molecular weight is 294 g/mol. The Kier molecular flexibility index (Phi) is 4.61. The van der Waals surface area contributed by atoms with Gasteiger partial charge >= 0.3 is 0 Å². The molecule has 100 valence electrons. The van der Waals surface area contributed by atoms with Crippen LogP contribution in [0.15, 0.2) is 35.7 Å². The lowest BCUT2D eigenvalue weighted by Crippen LogP contribution is -2.29. The molecule has 2 aromatic rings. The quantitative estimate of drug-likeness (QED) is 0.749. The van der Waals surface area contributed by atoms with Gasteiger partial charge in [0, 0.05) is 22.2 Å². The zero-order chi connectivity index (χ0) is 13.8. The summed E-state index contributed by atoms with van der Waals surface area (Å²) in [7, 11) is 0. The normalized spacial score (nSPS) is 10.7. The molecule has 0 aliphatic carbocycles. The Morgan fingerprint density at radius 1 is 1.37 bits per heavy atom. The Hall–Kier alpha value is -1.32. The summed E-state index contributed by atoms with van der Waals surface area (Å²) >= 11 is 7.85. The molecule has 2 rings (SSSR count). The summed E-state index contributed by atoms with van der Waals surface area (Å²) in [6.07, 6.45) is 0.783. The Morgan fingerprint density at radius 2 is 2.16 bits per heavy atom. The van der Waals surface area contributed by atoms with Crippen molar-refractivity contribution in [2.24, 2.45) is 0 Å². The highest BCUT2D eigenvalue weighted by atomic mass is 35.5. The lowest BCUT2D eigenvalue weighted by Gasteiger charge is -2.29. The number of benzene rings is 1. The molecule has 0 aliphatic heterocycles. The number of thiophene rings is 1. The molecule has 0 amide bonds. The fraction of sp³-hybridized carbons (Fsp3) is 0.267. The Labute approximate surface area is 122 Å². The molecule has 0 atom stereocenters. The maximum absolute atomic E-state index is 10.8. The summed E-state index contributed by atoms with van der Waals surface area (Å²) in [6.45, 7) is 5.15. The summed E-state index contributed by atoms with van der Waals surface area (Å²) in [5.74, 6) is 0. The molecule has 0 N–H and O–H groups in total. The zero-order valence-electron chi connectivity index (χ0n) is 11.0. The smallest absolute Gasteiger partial charge is 0.151 e. The minimum Gasteiger partial charge on any atom is -0.364 e. The molecule has 0 aliphatic rings. The second-order valence-electron chi connectivity index (χ2n) is 4.62. The molecule has 0 saturated heterocycles. The molecule has 0 radical (unpaired) electrons. The van der Waals surface area contributed by atoms with Gasteiger partial charge in [0.25, 0.3) is 0 Å². The fourth-order valence-corrected chi connectivity index (χ4v) is 2.85. The van der Waals surface area contributed by atoms with E-state index in [0.29, 0.717) is 16.6 Å². The van der Waals surface area contributed by atoms with Crippen molar-refractivity contribution in [3.05, 3.63) is 51.2 Å². The number of nitrogens with zero attached hydrogens (tertiary/aromatic N) is 1. The van der Waals surface area contributed by atoms with Crippen LogP contribution in [-0.2, 0) is 6.54 Å². The first-order valence-electron chi connectivity index (χ1n) is 6.15. The first-order valence-corrected chi connectivity index (χ1v) is 7.41. The van der Waals surface area contributed by atoms with Gasteiger partial charge in [0.15, 0.2) is 6.29 Å². The highest BCUT2D eigenvalue weighted by Crippen LogP contribution is 2.26. The maximum Gasteiger partial charge on any atom is 0.151 e. The number of carbonyl (C=O) groups excluding carboxylic acids is 1. The van der Waals surface area contributed by atoms with Crippen LogP contribution in [0.3, 0.4) is 0 Å². The van der Waals surface area contributed by atoms with Crippen molar-refractivity contribution in [1.29, 1.82) is 0 Å². The molecule has 0 fully saturated rings. The lowest BCUT2D eigenvalue weighted by molar-refractivity contribution is 0.112. The summed E-state index contributed by atoms with van der Waals surface area (Å²) in [6, 6.07) is 10.1. The maximum atomic E-state index is 10.8. The van der Waals surface area contributed by atoms with E-state index in [2.05, 4.69) is 36.3 Å². The van der Waals surface area contributed by atoms with E-state index >= 15 is 0 Å². The van der Waals surface area contributed by atoms with Crippen molar-refractivity contribution in [1.82, 2.24) is 0 Å². The molecule has 0 spiro atoms. The van der Waals surface area contributed by atoms with Crippen LogP contribution in [0.25, 0.3) is 0 Å². The van der Waals surface area contributed by atoms with E-state index in [0.717, 1.165) is 18.5 Å². The predicted octanol–water partition coefficient (Wildman–Crippen LogP) is 4.63. The molecule has 0 bridgehead atoms. The summed E-state index contributed by atoms with van der Waals surface area (Å²) < 4.78 is 0. The largest absolute Gasteiger partial charge is 0.364 e. The molecule has 4 heteroatoms. The van der Waals surface area contributed by atoms with Crippen LogP contribution in [-0.4, -0.2) is 12.3 Å². The van der Waals surface area contributed by atoms with Crippen LogP contribution in [0.2, 0.25) is 5.02 Å². The van der Waals surface area contributed by atoms with E-state index < -0.39 is 0 Å². The predicted molar refractivity (Wildman–Crippen MR) is 82.5 cm³/mol. The Morgan fingerprint density at radius 3 is 2.68 bits per heavy atom. The van der Waals surface area contributed by atoms with E-state index in [1.807, 2.05) is 12.1 Å². The second-order valence-corrected chi connectivity index (χ2v) is 6.06. The van der Waals surface area contributed by atoms with E-state index in [1.54, 1.807) is 17.4 Å². The van der Waals surface area contributed by atoms with Crippen LogP contribution in [0, 0.1) is 0 Å². The van der Waals surface area contributed by atoms with Crippen LogP contribution >= 0.6 is 22.9 Å². The first kappa shape index (κ1) is 14.1. The number of hydrogen-bond acceptors (Lipinski definition) is 3. The fourth-order valence-electron chi connectivity index (χ4n) is 1.93. The van der Waals surface area contributed by atoms with Gasteiger partial charge in [0.1, 0.15) is 0 Å². The van der Waals surface area contributed by atoms with Crippen LogP contribution < -0.4 is 4.90 Å². The van der Waals surface area contributed by atoms with Crippen molar-refractivity contribution >= 4 is 34.9 Å². The summed E-state index contributed by atoms with van der Waals surface area (Å²) in [5, 5.41) is 2.58. The van der Waals surface area contributed by atoms with E-state index in [-0.39, 0.29) is 0 Å². The van der Waals surface area contributed by atoms with Crippen molar-refractivity contribution in [3.63, 3.8) is 0 Å². The van der Waals surface area contributed by atoms with E-state index in [9.17, 15) is 4.79 Å². The third-order valence-electron chi connectivity index (χ3n) is 2.97. The standard InChI is InChI=1S/C15H16ClNOS/c1-11(2)17(9-14-4-3-7-19-14)13-6-5-12(10-18)15(16)8-13/h3-8,10-11H,9H2,1-2H3. The van der Waals surface area contributed by atoms with Crippen molar-refractivity contribution in [3.8, 4) is 0 Å². The summed E-state index contributed by atoms with van der Waals surface area (Å²) in [4.78, 5) is 14.4. The van der Waals surface area contributed by atoms with Crippen LogP contribution in [0.4, 0.5) is 5.69 Å². The van der Waals surface area contributed by atoms with Gasteiger partial charge in [-0.2, -0.15) is 0 Å². The van der Waals surface area contributed by atoms with Crippen LogP contribution in [0.5, 0.6) is 0 Å². The van der Waals surface area contributed by atoms with Gasteiger partial charge < -0.3 is 4.90 Å². The highest BCUT2D eigenvalue weighted by Gasteiger charge is 2.13. The van der Waals surface area contributed by atoms with Gasteiger partial charge in [-0.15, -0.1) is 11.3 Å². The van der Waals surface area contributed by atoms with Gasteiger partial charge in [-0.05, 0) is 43.5 Å². The third kappa shape index (κ3) is 3.37. The lowest BCUT2D eigenvalue weighted by atomic mass is 10.2. The number of halogens is 1.